The lowest BCUT2D eigenvalue weighted by atomic mass is 10.0. The lowest BCUT2D eigenvalue weighted by Gasteiger charge is -2.30. The van der Waals surface area contributed by atoms with Gasteiger partial charge in [-0.15, -0.1) is 11.3 Å². The van der Waals surface area contributed by atoms with Crippen LogP contribution in [-0.2, 0) is 22.6 Å². The van der Waals surface area contributed by atoms with Gasteiger partial charge in [0.15, 0.2) is 5.82 Å². The third kappa shape index (κ3) is 8.93. The van der Waals surface area contributed by atoms with Crippen LogP contribution in [0.1, 0.15) is 85.8 Å². The summed E-state index contributed by atoms with van der Waals surface area (Å²) in [5.41, 5.74) is 1.28. The van der Waals surface area contributed by atoms with Gasteiger partial charge in [0.25, 0.3) is 5.91 Å². The van der Waals surface area contributed by atoms with Crippen LogP contribution < -0.4 is 16.0 Å². The number of aryl methyl sites for hydroxylation is 1. The highest BCUT2D eigenvalue weighted by atomic mass is 32.1. The Morgan fingerprint density at radius 2 is 1.67 bits per heavy atom. The van der Waals surface area contributed by atoms with E-state index in [4.69, 9.17) is 0 Å². The molecular weight excluding hydrogens is 564 g/mol. The number of nitrogens with zero attached hydrogens (tertiary/aromatic N) is 5. The van der Waals surface area contributed by atoms with Crippen LogP contribution in [0.5, 0.6) is 0 Å². The second-order valence-corrected chi connectivity index (χ2v) is 12.8. The van der Waals surface area contributed by atoms with Crippen LogP contribution in [-0.4, -0.2) is 68.0 Å². The molecule has 43 heavy (non-hydrogen) atoms. The van der Waals surface area contributed by atoms with Crippen LogP contribution in [0.15, 0.2) is 35.7 Å². The van der Waals surface area contributed by atoms with E-state index in [0.29, 0.717) is 48.5 Å². The fourth-order valence-corrected chi connectivity index (χ4v) is 6.08. The Bertz CT molecular complexity index is 1390. The zero-order valence-electron chi connectivity index (χ0n) is 26.0. The quantitative estimate of drug-likeness (QED) is 0.390. The summed E-state index contributed by atoms with van der Waals surface area (Å²) in [5, 5.41) is 16.4. The molecule has 12 heteroatoms. The Kier molecular flexibility index (Phi) is 11.0. The van der Waals surface area contributed by atoms with Gasteiger partial charge in [0.1, 0.15) is 23.1 Å². The highest BCUT2D eigenvalue weighted by molar-refractivity contribution is 7.09. The summed E-state index contributed by atoms with van der Waals surface area (Å²) in [6.45, 7) is 13.4. The molecule has 1 aromatic carbocycles. The number of aromatic nitrogens is 4. The molecular formula is C31H44N8O3S. The van der Waals surface area contributed by atoms with Crippen molar-refractivity contribution in [2.75, 3.05) is 19.6 Å². The molecule has 0 unspecified atom stereocenters. The van der Waals surface area contributed by atoms with E-state index in [2.05, 4.69) is 58.7 Å². The number of hydrogen-bond acceptors (Lipinski definition) is 8. The van der Waals surface area contributed by atoms with Gasteiger partial charge in [0, 0.05) is 18.0 Å². The Morgan fingerprint density at radius 3 is 2.35 bits per heavy atom. The first kappa shape index (κ1) is 32.3. The molecule has 0 radical (unpaired) electrons. The molecule has 0 aliphatic carbocycles. The normalized spacial score (nSPS) is 21.1. The Labute approximate surface area is 257 Å². The molecule has 3 N–H and O–H groups in total. The largest absolute Gasteiger partial charge is 0.350 e. The minimum Gasteiger partial charge on any atom is -0.350 e. The van der Waals surface area contributed by atoms with Crippen LogP contribution in [0.2, 0.25) is 0 Å². The number of thiazole rings is 1. The van der Waals surface area contributed by atoms with E-state index in [1.807, 2.05) is 42.2 Å². The monoisotopic (exact) mass is 608 g/mol. The number of amides is 3. The molecule has 3 atom stereocenters. The van der Waals surface area contributed by atoms with Gasteiger partial charge in [-0.3, -0.25) is 19.3 Å². The molecule has 0 spiro atoms. The average molecular weight is 609 g/mol. The highest BCUT2D eigenvalue weighted by Crippen LogP contribution is 2.26. The van der Waals surface area contributed by atoms with E-state index in [0.717, 1.165) is 5.56 Å². The lowest BCUT2D eigenvalue weighted by molar-refractivity contribution is -0.123. The first-order valence-corrected chi connectivity index (χ1v) is 15.9. The Balaban J connectivity index is 1.74. The predicted octanol–water partition coefficient (Wildman–Crippen LogP) is 3.44. The molecule has 2 bridgehead atoms. The standard InChI is InChI=1S/C31H44N8O3S/c1-7-38-15-25(20(4)5)34-28(41)17-39-29(32-21(6)37-39)23(14-22-11-9-8-10-12-22)35-30(42)26-18-43-31(36-26)24(13-19(2)3)33-27(40)16-38/h8-12,18-20,23-25H,7,13-17H2,1-6H3,(H,33,40)(H,34,41)(H,35,42)/t23-,24-,25+/m0/s1. The number of benzene rings is 1. The van der Waals surface area contributed by atoms with Crippen molar-refractivity contribution in [1.82, 2.24) is 40.6 Å². The van der Waals surface area contributed by atoms with Crippen molar-refractivity contribution in [2.45, 2.75) is 79.1 Å². The van der Waals surface area contributed by atoms with Crippen molar-refractivity contribution in [3.63, 3.8) is 0 Å². The van der Waals surface area contributed by atoms with Crippen molar-refractivity contribution in [2.24, 2.45) is 11.8 Å². The van der Waals surface area contributed by atoms with E-state index < -0.39 is 6.04 Å². The van der Waals surface area contributed by atoms with Crippen molar-refractivity contribution < 1.29 is 14.4 Å². The molecule has 0 saturated heterocycles. The van der Waals surface area contributed by atoms with Gasteiger partial charge in [0.2, 0.25) is 11.8 Å². The second-order valence-electron chi connectivity index (χ2n) is 12.0. The third-order valence-electron chi connectivity index (χ3n) is 7.51. The number of likely N-dealkylation sites (N-methyl/N-ethyl adjacent to an activating group) is 1. The van der Waals surface area contributed by atoms with Gasteiger partial charge in [0.05, 0.1) is 18.6 Å². The fourth-order valence-electron chi connectivity index (χ4n) is 5.22. The Morgan fingerprint density at radius 1 is 0.953 bits per heavy atom. The number of carbonyl (C=O) groups excluding carboxylic acids is 3. The van der Waals surface area contributed by atoms with E-state index in [1.54, 1.807) is 17.0 Å². The molecule has 1 aliphatic rings. The second kappa shape index (κ2) is 14.7. The maximum Gasteiger partial charge on any atom is 0.271 e. The van der Waals surface area contributed by atoms with Crippen molar-refractivity contribution in [1.29, 1.82) is 0 Å². The predicted molar refractivity (Wildman–Crippen MR) is 166 cm³/mol. The molecule has 0 fully saturated rings. The first-order chi connectivity index (χ1) is 20.5. The van der Waals surface area contributed by atoms with Gasteiger partial charge in [-0.05, 0) is 43.7 Å². The first-order valence-electron chi connectivity index (χ1n) is 15.0. The van der Waals surface area contributed by atoms with Crippen molar-refractivity contribution >= 4 is 29.1 Å². The topological polar surface area (TPSA) is 134 Å². The fraction of sp³-hybridized carbons (Fsp3) is 0.548. The minimum absolute atomic E-state index is 0.0507. The zero-order valence-corrected chi connectivity index (χ0v) is 26.8. The molecule has 4 rings (SSSR count). The zero-order chi connectivity index (χ0) is 31.1. The molecule has 11 nitrogen and oxygen atoms in total. The Hall–Kier alpha value is -3.64. The van der Waals surface area contributed by atoms with Crippen molar-refractivity contribution in [3.05, 3.63) is 63.6 Å². The van der Waals surface area contributed by atoms with Gasteiger partial charge < -0.3 is 16.0 Å². The van der Waals surface area contributed by atoms with Crippen LogP contribution in [0, 0.1) is 18.8 Å². The maximum absolute atomic E-state index is 13.6. The number of nitrogens with one attached hydrogen (secondary N) is 3. The summed E-state index contributed by atoms with van der Waals surface area (Å²) in [6, 6.07) is 8.76. The van der Waals surface area contributed by atoms with Gasteiger partial charge >= 0.3 is 0 Å². The maximum atomic E-state index is 13.6. The molecule has 1 aliphatic heterocycles. The number of carbonyl (C=O) groups is 3. The van der Waals surface area contributed by atoms with Crippen molar-refractivity contribution in [3.8, 4) is 0 Å². The molecule has 3 amide bonds. The van der Waals surface area contributed by atoms with E-state index >= 15 is 0 Å². The number of rotatable bonds is 6. The molecule has 2 aromatic heterocycles. The summed E-state index contributed by atoms with van der Waals surface area (Å²) < 4.78 is 1.58. The summed E-state index contributed by atoms with van der Waals surface area (Å²) >= 11 is 1.37. The van der Waals surface area contributed by atoms with E-state index in [-0.39, 0.29) is 54.5 Å². The molecule has 0 saturated carbocycles. The summed E-state index contributed by atoms with van der Waals surface area (Å²) in [5.74, 6) is 0.769. The average Bonchev–Trinajstić information content (AvgIpc) is 3.58. The number of hydrogen-bond donors (Lipinski definition) is 3. The SMILES string of the molecule is CCN1CC(=O)N[C@@H](CC(C)C)c2nc(cs2)C(=O)N[C@@H](Cc2ccccc2)c2nc(C)nn2CC(=O)N[C@@H](C(C)C)C1. The van der Waals surface area contributed by atoms with Gasteiger partial charge in [-0.1, -0.05) is 65.0 Å². The summed E-state index contributed by atoms with van der Waals surface area (Å²) in [4.78, 5) is 51.6. The molecule has 232 valence electrons. The van der Waals surface area contributed by atoms with Crippen LogP contribution in [0.25, 0.3) is 0 Å². The lowest BCUT2D eigenvalue weighted by Crippen LogP contribution is -2.50. The number of fused-ring (bicyclic) bond motifs is 3. The molecule has 3 heterocycles. The smallest absolute Gasteiger partial charge is 0.271 e. The van der Waals surface area contributed by atoms with E-state index in [1.165, 1.54) is 11.3 Å². The molecule has 3 aromatic rings. The summed E-state index contributed by atoms with van der Waals surface area (Å²) in [7, 11) is 0. The third-order valence-corrected chi connectivity index (χ3v) is 8.47. The van der Waals surface area contributed by atoms with Gasteiger partial charge in [-0.25, -0.2) is 14.6 Å². The highest BCUT2D eigenvalue weighted by Gasteiger charge is 2.28. The van der Waals surface area contributed by atoms with Crippen LogP contribution in [0.3, 0.4) is 0 Å². The minimum atomic E-state index is -0.560. The van der Waals surface area contributed by atoms with Crippen LogP contribution in [0.4, 0.5) is 0 Å². The van der Waals surface area contributed by atoms with Crippen LogP contribution >= 0.6 is 11.3 Å². The summed E-state index contributed by atoms with van der Waals surface area (Å²) in [6.07, 6.45) is 1.14. The van der Waals surface area contributed by atoms with E-state index in [9.17, 15) is 14.4 Å². The van der Waals surface area contributed by atoms with Gasteiger partial charge in [-0.2, -0.15) is 5.10 Å².